The maximum Gasteiger partial charge on any atom is 0.0421 e. The van der Waals surface area contributed by atoms with Crippen molar-refractivity contribution in [2.24, 2.45) is 0 Å². The highest BCUT2D eigenvalue weighted by Crippen LogP contribution is 2.22. The summed E-state index contributed by atoms with van der Waals surface area (Å²) in [5.74, 6) is 2.90. The van der Waals surface area contributed by atoms with Gasteiger partial charge in [-0.05, 0) is 31.0 Å². The molecule has 1 rings (SSSR count). The molecular formula is C11H11Br. The van der Waals surface area contributed by atoms with Gasteiger partial charge in [0, 0.05) is 10.4 Å². The van der Waals surface area contributed by atoms with E-state index < -0.39 is 0 Å². The van der Waals surface area contributed by atoms with E-state index in [1.54, 1.807) is 0 Å². The number of rotatable bonds is 1. The van der Waals surface area contributed by atoms with Crippen molar-refractivity contribution >= 4 is 15.9 Å². The van der Waals surface area contributed by atoms with Crippen molar-refractivity contribution in [2.75, 3.05) is 0 Å². The number of aryl methyl sites for hydroxylation is 1. The topological polar surface area (TPSA) is 0 Å². The molecule has 1 atom stereocenters. The molecule has 0 fully saturated rings. The molecule has 1 unspecified atom stereocenters. The standard InChI is InChI=1S/C11H11Br/c1-4-8(2)10-6-5-9(3)11(12)7-10/h1,5-8H,2-3H3. The van der Waals surface area contributed by atoms with Gasteiger partial charge in [0.1, 0.15) is 0 Å². The van der Waals surface area contributed by atoms with E-state index in [1.165, 1.54) is 11.1 Å². The highest BCUT2D eigenvalue weighted by Gasteiger charge is 2.02. The van der Waals surface area contributed by atoms with Crippen LogP contribution in [0, 0.1) is 19.3 Å². The van der Waals surface area contributed by atoms with E-state index in [0.717, 1.165) is 4.47 Å². The fraction of sp³-hybridized carbons (Fsp3) is 0.273. The van der Waals surface area contributed by atoms with Crippen molar-refractivity contribution in [3.63, 3.8) is 0 Å². The predicted molar refractivity (Wildman–Crippen MR) is 56.1 cm³/mol. The van der Waals surface area contributed by atoms with Gasteiger partial charge >= 0.3 is 0 Å². The molecule has 0 aromatic heterocycles. The lowest BCUT2D eigenvalue weighted by Crippen LogP contribution is -1.89. The Morgan fingerprint density at radius 3 is 2.67 bits per heavy atom. The Morgan fingerprint density at radius 2 is 2.17 bits per heavy atom. The van der Waals surface area contributed by atoms with Gasteiger partial charge in [-0.15, -0.1) is 6.42 Å². The third-order valence-electron chi connectivity index (χ3n) is 1.95. The van der Waals surface area contributed by atoms with Crippen LogP contribution >= 0.6 is 15.9 Å². The Labute approximate surface area is 82.1 Å². The number of hydrogen-bond acceptors (Lipinski definition) is 0. The van der Waals surface area contributed by atoms with Gasteiger partial charge in [-0.3, -0.25) is 0 Å². The fourth-order valence-electron chi connectivity index (χ4n) is 0.975. The Bertz CT molecular complexity index is 320. The van der Waals surface area contributed by atoms with Gasteiger partial charge in [0.15, 0.2) is 0 Å². The largest absolute Gasteiger partial charge is 0.119 e. The second kappa shape index (κ2) is 3.78. The van der Waals surface area contributed by atoms with E-state index in [1.807, 2.05) is 6.92 Å². The number of halogens is 1. The summed E-state index contributed by atoms with van der Waals surface area (Å²) in [6.07, 6.45) is 5.33. The quantitative estimate of drug-likeness (QED) is 0.639. The zero-order valence-electron chi connectivity index (χ0n) is 7.26. The minimum Gasteiger partial charge on any atom is -0.119 e. The highest BCUT2D eigenvalue weighted by molar-refractivity contribution is 9.10. The van der Waals surface area contributed by atoms with E-state index in [2.05, 4.69) is 47.0 Å². The van der Waals surface area contributed by atoms with Crippen molar-refractivity contribution in [3.8, 4) is 12.3 Å². The van der Waals surface area contributed by atoms with Crippen LogP contribution in [0.1, 0.15) is 24.0 Å². The van der Waals surface area contributed by atoms with Crippen molar-refractivity contribution in [2.45, 2.75) is 19.8 Å². The molecule has 62 valence electrons. The van der Waals surface area contributed by atoms with Crippen LogP contribution in [0.4, 0.5) is 0 Å². The molecule has 0 aliphatic carbocycles. The summed E-state index contributed by atoms with van der Waals surface area (Å²) < 4.78 is 1.13. The number of hydrogen-bond donors (Lipinski definition) is 0. The predicted octanol–water partition coefficient (Wildman–Crippen LogP) is 3.49. The molecule has 0 spiro atoms. The molecule has 0 heterocycles. The summed E-state index contributed by atoms with van der Waals surface area (Å²) in [7, 11) is 0. The van der Waals surface area contributed by atoms with Crippen LogP contribution < -0.4 is 0 Å². The number of benzene rings is 1. The summed E-state index contributed by atoms with van der Waals surface area (Å²) in [4.78, 5) is 0. The van der Waals surface area contributed by atoms with Gasteiger partial charge in [0.05, 0.1) is 0 Å². The summed E-state index contributed by atoms with van der Waals surface area (Å²) >= 11 is 3.47. The van der Waals surface area contributed by atoms with Crippen LogP contribution in [0.3, 0.4) is 0 Å². The lowest BCUT2D eigenvalue weighted by Gasteiger charge is -2.06. The third-order valence-corrected chi connectivity index (χ3v) is 2.80. The van der Waals surface area contributed by atoms with E-state index >= 15 is 0 Å². The smallest absolute Gasteiger partial charge is 0.0421 e. The van der Waals surface area contributed by atoms with Crippen LogP contribution in [0.25, 0.3) is 0 Å². The average Bonchev–Trinajstić information content (AvgIpc) is 2.08. The van der Waals surface area contributed by atoms with E-state index in [9.17, 15) is 0 Å². The molecule has 0 nitrogen and oxygen atoms in total. The fourth-order valence-corrected chi connectivity index (χ4v) is 1.37. The van der Waals surface area contributed by atoms with Gasteiger partial charge < -0.3 is 0 Å². The summed E-state index contributed by atoms with van der Waals surface area (Å²) in [6, 6.07) is 6.23. The Morgan fingerprint density at radius 1 is 1.50 bits per heavy atom. The molecule has 1 aromatic rings. The van der Waals surface area contributed by atoms with E-state index in [0.29, 0.717) is 0 Å². The van der Waals surface area contributed by atoms with Gasteiger partial charge in [0.25, 0.3) is 0 Å². The molecule has 0 radical (unpaired) electrons. The monoisotopic (exact) mass is 222 g/mol. The number of terminal acetylenes is 1. The van der Waals surface area contributed by atoms with Crippen molar-refractivity contribution < 1.29 is 0 Å². The first-order valence-electron chi connectivity index (χ1n) is 3.87. The van der Waals surface area contributed by atoms with Gasteiger partial charge in [-0.25, -0.2) is 0 Å². The van der Waals surface area contributed by atoms with E-state index in [-0.39, 0.29) is 5.92 Å². The first-order chi connectivity index (χ1) is 5.65. The second-order valence-corrected chi connectivity index (χ2v) is 3.75. The molecule has 0 aliphatic rings. The maximum atomic E-state index is 5.33. The van der Waals surface area contributed by atoms with Crippen molar-refractivity contribution in [3.05, 3.63) is 33.8 Å². The van der Waals surface area contributed by atoms with Crippen LogP contribution in [-0.2, 0) is 0 Å². The summed E-state index contributed by atoms with van der Waals surface area (Å²) in [6.45, 7) is 4.09. The first kappa shape index (κ1) is 9.35. The SMILES string of the molecule is C#CC(C)c1ccc(C)c(Br)c1. The van der Waals surface area contributed by atoms with Gasteiger partial charge in [-0.2, -0.15) is 0 Å². The molecule has 0 amide bonds. The van der Waals surface area contributed by atoms with Crippen LogP contribution in [0.15, 0.2) is 22.7 Å². The maximum absolute atomic E-state index is 5.33. The molecule has 12 heavy (non-hydrogen) atoms. The molecule has 0 saturated carbocycles. The second-order valence-electron chi connectivity index (χ2n) is 2.90. The van der Waals surface area contributed by atoms with Crippen LogP contribution in [-0.4, -0.2) is 0 Å². The van der Waals surface area contributed by atoms with Crippen molar-refractivity contribution in [1.82, 2.24) is 0 Å². The molecule has 1 aromatic carbocycles. The Balaban J connectivity index is 3.06. The zero-order chi connectivity index (χ0) is 9.14. The minimum absolute atomic E-state index is 0.196. The molecular weight excluding hydrogens is 212 g/mol. The summed E-state index contributed by atoms with van der Waals surface area (Å²) in [5, 5.41) is 0. The molecule has 0 aliphatic heterocycles. The first-order valence-corrected chi connectivity index (χ1v) is 4.66. The molecule has 0 N–H and O–H groups in total. The lowest BCUT2D eigenvalue weighted by atomic mass is 10.0. The molecule has 1 heteroatoms. The summed E-state index contributed by atoms with van der Waals surface area (Å²) in [5.41, 5.74) is 2.43. The zero-order valence-corrected chi connectivity index (χ0v) is 8.85. The Hall–Kier alpha value is -0.740. The van der Waals surface area contributed by atoms with Crippen LogP contribution in [0.5, 0.6) is 0 Å². The Kier molecular flexibility index (Phi) is 2.94. The van der Waals surface area contributed by atoms with Gasteiger partial charge in [-0.1, -0.05) is 34.0 Å². The minimum atomic E-state index is 0.196. The normalized spacial score (nSPS) is 12.2. The molecule has 0 bridgehead atoms. The lowest BCUT2D eigenvalue weighted by molar-refractivity contribution is 1.00. The van der Waals surface area contributed by atoms with Gasteiger partial charge in [0.2, 0.25) is 0 Å². The third kappa shape index (κ3) is 1.89. The van der Waals surface area contributed by atoms with E-state index in [4.69, 9.17) is 6.42 Å². The van der Waals surface area contributed by atoms with Crippen LogP contribution in [0.2, 0.25) is 0 Å². The average molecular weight is 223 g/mol. The molecule has 0 saturated heterocycles. The van der Waals surface area contributed by atoms with Crippen molar-refractivity contribution in [1.29, 1.82) is 0 Å². The highest BCUT2D eigenvalue weighted by atomic mass is 79.9.